The van der Waals surface area contributed by atoms with E-state index in [9.17, 15) is 8.42 Å². The minimum Gasteiger partial charge on any atom is -0.412 e. The van der Waals surface area contributed by atoms with Gasteiger partial charge in [-0.3, -0.25) is 4.79 Å². The van der Waals surface area contributed by atoms with E-state index < -0.39 is 10.3 Å². The quantitative estimate of drug-likeness (QED) is 0.300. The summed E-state index contributed by atoms with van der Waals surface area (Å²) >= 11 is 0. The molecule has 7 heavy (non-hydrogen) atoms. The normalized spacial score (nSPS) is 5.71. The molecule has 2 N–H and O–H groups in total. The number of hydrogen-bond donors (Lipinski definition) is 0. The highest BCUT2D eigenvalue weighted by Crippen LogP contribution is 1.29. The van der Waals surface area contributed by atoms with Gasteiger partial charge in [0.1, 0.15) is 0 Å². The van der Waals surface area contributed by atoms with Crippen molar-refractivity contribution in [1.82, 2.24) is 0 Å². The van der Waals surface area contributed by atoms with E-state index in [0.29, 0.717) is 5.37 Å². The number of rotatable bonds is 1. The summed E-state index contributed by atoms with van der Waals surface area (Å²) in [4.78, 5) is 9.17. The summed E-state index contributed by atoms with van der Waals surface area (Å²) in [6, 6.07) is 0. The Morgan fingerprint density at radius 3 is 1.71 bits per heavy atom. The van der Waals surface area contributed by atoms with Crippen molar-refractivity contribution < 1.29 is 18.7 Å². The Kier molecular flexibility index (Phi) is 7.28. The second-order valence-corrected chi connectivity index (χ2v) is 1.33. The fraction of sp³-hybridized carbons (Fsp3) is 0. The van der Waals surface area contributed by atoms with Crippen LogP contribution in [0.5, 0.6) is 0 Å². The smallest absolute Gasteiger partial charge is 0.217 e. The van der Waals surface area contributed by atoms with Crippen LogP contribution >= 0.6 is 0 Å². The first-order valence-electron chi connectivity index (χ1n) is 1.14. The van der Waals surface area contributed by atoms with Crippen LogP contribution in [0.4, 0.5) is 0 Å². The van der Waals surface area contributed by atoms with Gasteiger partial charge in [-0.1, -0.05) is 0 Å². The molecule has 0 saturated carbocycles. The van der Waals surface area contributed by atoms with Gasteiger partial charge in [-0.05, 0) is 0 Å². The Balaban J connectivity index is 0. The Labute approximate surface area is 41.6 Å². The molecule has 0 radical (unpaired) electrons. The van der Waals surface area contributed by atoms with Gasteiger partial charge in [0, 0.05) is 0 Å². The summed E-state index contributed by atoms with van der Waals surface area (Å²) in [7, 11) is -2.31. The van der Waals surface area contributed by atoms with Gasteiger partial charge in [0.05, 0.1) is 5.37 Å². The minimum atomic E-state index is -2.31. The zero-order valence-electron chi connectivity index (χ0n) is 3.29. The third-order valence-electron chi connectivity index (χ3n) is 0.167. The van der Waals surface area contributed by atoms with Crippen LogP contribution in [0.3, 0.4) is 0 Å². The third kappa shape index (κ3) is 10.9. The second-order valence-electron chi connectivity index (χ2n) is 0.533. The molecule has 0 saturated heterocycles. The lowest BCUT2D eigenvalue weighted by Crippen LogP contribution is -1.70. The van der Waals surface area contributed by atoms with Gasteiger partial charge in [0.15, 0.2) is 6.29 Å². The number of carbonyl (C=O) groups is 1. The molecule has 0 aliphatic heterocycles. The molecule has 0 aromatic rings. The standard InChI is InChI=1S/C2H2O3S.H2O/c3-1-2-6(4)5;/h1-2H;1H2. The van der Waals surface area contributed by atoms with Gasteiger partial charge in [0.2, 0.25) is 10.3 Å². The zero-order valence-corrected chi connectivity index (χ0v) is 4.10. The lowest BCUT2D eigenvalue weighted by Gasteiger charge is -1.41. The molecule has 0 bridgehead atoms. The summed E-state index contributed by atoms with van der Waals surface area (Å²) in [5, 5.41) is 0.528. The summed E-state index contributed by atoms with van der Waals surface area (Å²) in [5.74, 6) is 0. The molecule has 0 aromatic heterocycles. The summed E-state index contributed by atoms with van der Waals surface area (Å²) < 4.78 is 18.6. The Morgan fingerprint density at radius 2 is 1.71 bits per heavy atom. The first-order valence-corrected chi connectivity index (χ1v) is 2.28. The molecule has 4 nitrogen and oxygen atoms in total. The van der Waals surface area contributed by atoms with Crippen LogP contribution in [0.15, 0.2) is 0 Å². The van der Waals surface area contributed by atoms with Gasteiger partial charge >= 0.3 is 0 Å². The predicted molar refractivity (Wildman–Crippen MR) is 24.7 cm³/mol. The van der Waals surface area contributed by atoms with E-state index in [1.165, 1.54) is 0 Å². The molecule has 0 heterocycles. The molecular weight excluding hydrogens is 120 g/mol. The number of aldehydes is 1. The van der Waals surface area contributed by atoms with Crippen molar-refractivity contribution in [3.05, 3.63) is 0 Å². The second kappa shape index (κ2) is 5.32. The van der Waals surface area contributed by atoms with Crippen LogP contribution in [0.1, 0.15) is 0 Å². The zero-order chi connectivity index (χ0) is 4.99. The highest BCUT2D eigenvalue weighted by atomic mass is 32.2. The average molecular weight is 124 g/mol. The topological polar surface area (TPSA) is 82.7 Å². The van der Waals surface area contributed by atoms with E-state index in [2.05, 4.69) is 0 Å². The molecule has 5 heteroatoms. The molecule has 0 unspecified atom stereocenters. The molecule has 0 fully saturated rings. The van der Waals surface area contributed by atoms with Crippen LogP contribution in [0.2, 0.25) is 0 Å². The predicted octanol–water partition coefficient (Wildman–Crippen LogP) is -1.96. The van der Waals surface area contributed by atoms with Crippen LogP contribution in [0, 0.1) is 0 Å². The fourth-order valence-corrected chi connectivity index (χ4v) is 0.136. The van der Waals surface area contributed by atoms with E-state index >= 15 is 0 Å². The fourth-order valence-electron chi connectivity index (χ4n) is 0.0454. The summed E-state index contributed by atoms with van der Waals surface area (Å²) in [5.41, 5.74) is 0. The first-order chi connectivity index (χ1) is 2.77. The van der Waals surface area contributed by atoms with E-state index in [1.54, 1.807) is 0 Å². The maximum absolute atomic E-state index is 9.31. The Hall–Kier alpha value is -0.680. The molecule has 0 aliphatic carbocycles. The molecular formula is C2H4O4S. The summed E-state index contributed by atoms with van der Waals surface area (Å²) in [6.07, 6.45) is 0.211. The molecule has 42 valence electrons. The number of hydrogen-bond acceptors (Lipinski definition) is 3. The minimum absolute atomic E-state index is 0. The molecule has 0 amide bonds. The lowest BCUT2D eigenvalue weighted by atomic mass is 10.9. The molecule has 0 aromatic carbocycles. The molecule has 0 aliphatic rings. The van der Waals surface area contributed by atoms with Crippen molar-refractivity contribution >= 4 is 21.9 Å². The molecule has 0 rings (SSSR count). The Morgan fingerprint density at radius 1 is 1.29 bits per heavy atom. The molecule has 0 spiro atoms. The van der Waals surface area contributed by atoms with Crippen LogP contribution in [0.25, 0.3) is 0 Å². The van der Waals surface area contributed by atoms with E-state index in [4.69, 9.17) is 4.79 Å². The average Bonchev–Trinajstić information content (AvgIpc) is 1.35. The highest BCUT2D eigenvalue weighted by Gasteiger charge is 1.59. The van der Waals surface area contributed by atoms with Crippen LogP contribution in [-0.2, 0) is 15.1 Å². The summed E-state index contributed by atoms with van der Waals surface area (Å²) in [6.45, 7) is 0. The number of carbonyl (C=O) groups excluding carboxylic acids is 1. The maximum Gasteiger partial charge on any atom is 0.217 e. The van der Waals surface area contributed by atoms with Crippen molar-refractivity contribution in [2.24, 2.45) is 0 Å². The van der Waals surface area contributed by atoms with Crippen LogP contribution in [-0.4, -0.2) is 25.5 Å². The van der Waals surface area contributed by atoms with Gasteiger partial charge in [-0.25, -0.2) is 0 Å². The van der Waals surface area contributed by atoms with Gasteiger partial charge in [-0.2, -0.15) is 8.42 Å². The van der Waals surface area contributed by atoms with E-state index in [1.807, 2.05) is 0 Å². The maximum atomic E-state index is 9.31. The van der Waals surface area contributed by atoms with Crippen molar-refractivity contribution in [2.75, 3.05) is 0 Å². The van der Waals surface area contributed by atoms with Crippen molar-refractivity contribution in [3.8, 4) is 0 Å². The largest absolute Gasteiger partial charge is 0.412 e. The first kappa shape index (κ1) is 9.58. The monoisotopic (exact) mass is 124 g/mol. The van der Waals surface area contributed by atoms with Crippen molar-refractivity contribution in [2.45, 2.75) is 0 Å². The van der Waals surface area contributed by atoms with E-state index in [0.717, 1.165) is 0 Å². The third-order valence-corrected chi connectivity index (χ3v) is 0.500. The Bertz CT molecular complexity index is 145. The lowest BCUT2D eigenvalue weighted by molar-refractivity contribution is -0.102. The van der Waals surface area contributed by atoms with Crippen LogP contribution < -0.4 is 0 Å². The van der Waals surface area contributed by atoms with E-state index in [-0.39, 0.29) is 11.8 Å². The molecule has 0 atom stereocenters. The van der Waals surface area contributed by atoms with Gasteiger partial charge in [0.25, 0.3) is 0 Å². The highest BCUT2D eigenvalue weighted by molar-refractivity contribution is 7.72. The van der Waals surface area contributed by atoms with Crippen molar-refractivity contribution in [1.29, 1.82) is 0 Å². The van der Waals surface area contributed by atoms with Gasteiger partial charge in [-0.15, -0.1) is 0 Å². The van der Waals surface area contributed by atoms with Gasteiger partial charge < -0.3 is 5.48 Å². The van der Waals surface area contributed by atoms with Crippen molar-refractivity contribution in [3.63, 3.8) is 0 Å². The SMILES string of the molecule is O.O=CC=S(=O)=O.